The van der Waals surface area contributed by atoms with Gasteiger partial charge in [0.1, 0.15) is 28.2 Å². The van der Waals surface area contributed by atoms with Gasteiger partial charge in [-0.25, -0.2) is 17.5 Å². The average molecular weight is 606 g/mol. The summed E-state index contributed by atoms with van der Waals surface area (Å²) >= 11 is 6.65. The second-order valence-corrected chi connectivity index (χ2v) is 13.6. The maximum absolute atomic E-state index is 14.1. The van der Waals surface area contributed by atoms with Crippen molar-refractivity contribution in [3.8, 4) is 22.7 Å². The Hall–Kier alpha value is -3.80. The summed E-state index contributed by atoms with van der Waals surface area (Å²) in [6, 6.07) is 22.9. The minimum Gasteiger partial charge on any atom is -0.489 e. The summed E-state index contributed by atoms with van der Waals surface area (Å²) < 4.78 is 46.2. The highest BCUT2D eigenvalue weighted by Crippen LogP contribution is 2.38. The van der Waals surface area contributed by atoms with Gasteiger partial charge in [-0.15, -0.1) is 0 Å². The molecule has 4 aromatic rings. The number of halogens is 1. The second kappa shape index (κ2) is 11.2. The van der Waals surface area contributed by atoms with Gasteiger partial charge < -0.3 is 4.74 Å². The molecule has 1 atom stereocenters. The van der Waals surface area contributed by atoms with E-state index in [1.165, 1.54) is 11.0 Å². The third kappa shape index (κ3) is 5.83. The molecule has 2 aliphatic heterocycles. The molecule has 2 fully saturated rings. The quantitative estimate of drug-likeness (QED) is 0.199. The second-order valence-electron chi connectivity index (χ2n) is 9.73. The third-order valence-corrected chi connectivity index (χ3v) is 9.99. The van der Waals surface area contributed by atoms with Crippen molar-refractivity contribution in [2.75, 3.05) is 11.5 Å². The molecule has 208 valence electrons. The number of rotatable bonds is 7. The highest BCUT2D eigenvalue weighted by molar-refractivity contribution is 8.26. The first-order valence-electron chi connectivity index (χ1n) is 12.9. The Morgan fingerprint density at radius 2 is 1.85 bits per heavy atom. The highest BCUT2D eigenvalue weighted by Gasteiger charge is 2.42. The van der Waals surface area contributed by atoms with Crippen LogP contribution in [0.3, 0.4) is 0 Å². The van der Waals surface area contributed by atoms with Gasteiger partial charge in [0.15, 0.2) is 9.84 Å². The number of hydrogen-bond donors (Lipinski definition) is 0. The predicted octanol–water partition coefficient (Wildman–Crippen LogP) is 5.65. The smallest absolute Gasteiger partial charge is 0.266 e. The molecule has 3 heterocycles. The summed E-state index contributed by atoms with van der Waals surface area (Å²) in [6.45, 7) is 0.0702. The monoisotopic (exact) mass is 605 g/mol. The van der Waals surface area contributed by atoms with Crippen LogP contribution in [-0.2, 0) is 21.2 Å². The Morgan fingerprint density at radius 1 is 1.07 bits per heavy atom. The largest absolute Gasteiger partial charge is 0.489 e. The number of para-hydroxylation sites is 1. The van der Waals surface area contributed by atoms with Crippen LogP contribution in [0.4, 0.5) is 4.39 Å². The summed E-state index contributed by atoms with van der Waals surface area (Å²) in [5.74, 6) is -0.122. The number of aromatic nitrogens is 2. The molecule has 0 saturated carbocycles. The first-order chi connectivity index (χ1) is 19.8. The zero-order chi connectivity index (χ0) is 28.6. The molecular formula is C30H24FN3O4S3. The molecule has 3 aromatic carbocycles. The average Bonchev–Trinajstić information content (AvgIpc) is 3.63. The van der Waals surface area contributed by atoms with Crippen LogP contribution in [0.5, 0.6) is 5.75 Å². The number of thiocarbonyl (C=S) groups is 1. The van der Waals surface area contributed by atoms with Gasteiger partial charge in [-0.3, -0.25) is 9.69 Å². The standard InChI is InChI=1S/C30H24FN3O4S3/c31-26-12-5-4-7-21(26)18-38-25-11-6-8-20(15-25)28-22(17-33(32-28)23-9-2-1-3-10-23)16-27-29(35)34(30(39)40-27)24-13-14-41(36,37)19-24/h1-12,15-17,24H,13-14,18-19H2. The SMILES string of the molecule is O=C1C(=Cc2cn(-c3ccccc3)nc2-c2cccc(OCc3ccccc3F)c2)SC(=S)N1C1CCS(=O)(=O)C1. The number of benzene rings is 3. The molecule has 2 aliphatic rings. The Kier molecular flexibility index (Phi) is 7.50. The van der Waals surface area contributed by atoms with E-state index in [9.17, 15) is 17.6 Å². The van der Waals surface area contributed by atoms with Crippen molar-refractivity contribution in [3.63, 3.8) is 0 Å². The third-order valence-electron chi connectivity index (χ3n) is 6.91. The Labute approximate surface area is 246 Å². The molecule has 0 bridgehead atoms. The zero-order valence-corrected chi connectivity index (χ0v) is 24.1. The van der Waals surface area contributed by atoms with Gasteiger partial charge in [0.05, 0.1) is 28.1 Å². The minimum absolute atomic E-state index is 0.0527. The molecule has 0 spiro atoms. The van der Waals surface area contributed by atoms with Gasteiger partial charge in [-0.2, -0.15) is 5.10 Å². The normalized spacial score (nSPS) is 19.3. The minimum atomic E-state index is -3.18. The molecule has 0 N–H and O–H groups in total. The summed E-state index contributed by atoms with van der Waals surface area (Å²) in [7, 11) is -3.18. The number of carbonyl (C=O) groups excluding carboxylic acids is 1. The summed E-state index contributed by atoms with van der Waals surface area (Å²) in [4.78, 5) is 15.3. The van der Waals surface area contributed by atoms with Crippen molar-refractivity contribution in [3.05, 3.63) is 107 Å². The first-order valence-corrected chi connectivity index (χ1v) is 15.9. The van der Waals surface area contributed by atoms with E-state index in [-0.39, 0.29) is 29.8 Å². The molecule has 41 heavy (non-hydrogen) atoms. The number of hydrogen-bond acceptors (Lipinski definition) is 7. The lowest BCUT2D eigenvalue weighted by molar-refractivity contribution is -0.123. The van der Waals surface area contributed by atoms with Crippen LogP contribution in [0.15, 0.2) is 90.0 Å². The van der Waals surface area contributed by atoms with Crippen LogP contribution < -0.4 is 4.74 Å². The molecule has 7 nitrogen and oxygen atoms in total. The van der Waals surface area contributed by atoms with Gasteiger partial charge in [0.25, 0.3) is 5.91 Å². The first kappa shape index (κ1) is 27.4. The van der Waals surface area contributed by atoms with Gasteiger partial charge in [-0.05, 0) is 42.8 Å². The predicted molar refractivity (Wildman–Crippen MR) is 162 cm³/mol. The molecule has 0 radical (unpaired) electrons. The Balaban J connectivity index is 1.34. The lowest BCUT2D eigenvalue weighted by atomic mass is 10.1. The van der Waals surface area contributed by atoms with Crippen LogP contribution in [0.1, 0.15) is 17.5 Å². The van der Waals surface area contributed by atoms with Crippen molar-refractivity contribution < 1.29 is 22.3 Å². The molecule has 2 saturated heterocycles. The fraction of sp³-hybridized carbons (Fsp3) is 0.167. The van der Waals surface area contributed by atoms with Crippen molar-refractivity contribution >= 4 is 50.1 Å². The molecule has 1 aromatic heterocycles. The number of carbonyl (C=O) groups is 1. The maximum atomic E-state index is 14.1. The van der Waals surface area contributed by atoms with E-state index in [4.69, 9.17) is 22.1 Å². The highest BCUT2D eigenvalue weighted by atomic mass is 32.2. The van der Waals surface area contributed by atoms with Crippen LogP contribution in [0, 0.1) is 5.82 Å². The van der Waals surface area contributed by atoms with Crippen molar-refractivity contribution in [1.82, 2.24) is 14.7 Å². The number of nitrogens with zero attached hydrogens (tertiary/aromatic N) is 3. The fourth-order valence-corrected chi connectivity index (χ4v) is 7.95. The number of amides is 1. The van der Waals surface area contributed by atoms with Gasteiger partial charge in [-0.1, -0.05) is 72.5 Å². The van der Waals surface area contributed by atoms with Gasteiger partial charge in [0.2, 0.25) is 0 Å². The van der Waals surface area contributed by atoms with E-state index < -0.39 is 15.9 Å². The van der Waals surface area contributed by atoms with Crippen LogP contribution in [0.25, 0.3) is 23.0 Å². The summed E-state index contributed by atoms with van der Waals surface area (Å²) in [5, 5.41) is 4.84. The molecular weight excluding hydrogens is 582 g/mol. The van der Waals surface area contributed by atoms with E-state index in [0.717, 1.165) is 23.0 Å². The van der Waals surface area contributed by atoms with E-state index in [1.54, 1.807) is 35.0 Å². The van der Waals surface area contributed by atoms with Crippen LogP contribution in [-0.4, -0.2) is 50.9 Å². The van der Waals surface area contributed by atoms with E-state index in [1.807, 2.05) is 54.7 Å². The van der Waals surface area contributed by atoms with Crippen molar-refractivity contribution in [2.24, 2.45) is 0 Å². The molecule has 0 aliphatic carbocycles. The molecule has 1 unspecified atom stereocenters. The van der Waals surface area contributed by atoms with E-state index in [0.29, 0.717) is 38.2 Å². The van der Waals surface area contributed by atoms with Gasteiger partial charge >= 0.3 is 0 Å². The van der Waals surface area contributed by atoms with E-state index >= 15 is 0 Å². The summed E-state index contributed by atoms with van der Waals surface area (Å²) in [6.07, 6.45) is 3.96. The van der Waals surface area contributed by atoms with Crippen molar-refractivity contribution in [1.29, 1.82) is 0 Å². The maximum Gasteiger partial charge on any atom is 0.266 e. The molecule has 1 amide bonds. The fourth-order valence-electron chi connectivity index (χ4n) is 4.85. The number of ether oxygens (including phenoxy) is 1. The number of thioether (sulfide) groups is 1. The summed E-state index contributed by atoms with van der Waals surface area (Å²) in [5.41, 5.74) is 3.32. The van der Waals surface area contributed by atoms with Gasteiger partial charge in [0, 0.05) is 22.9 Å². The Morgan fingerprint density at radius 3 is 2.61 bits per heavy atom. The lowest BCUT2D eigenvalue weighted by Crippen LogP contribution is -2.39. The zero-order valence-electron chi connectivity index (χ0n) is 21.6. The number of sulfone groups is 1. The van der Waals surface area contributed by atoms with Crippen LogP contribution in [0.2, 0.25) is 0 Å². The van der Waals surface area contributed by atoms with Crippen molar-refractivity contribution in [2.45, 2.75) is 19.1 Å². The Bertz CT molecular complexity index is 1790. The molecule has 11 heteroatoms. The van der Waals surface area contributed by atoms with Crippen LogP contribution >= 0.6 is 24.0 Å². The topological polar surface area (TPSA) is 81.5 Å². The lowest BCUT2D eigenvalue weighted by Gasteiger charge is -2.20. The molecule has 6 rings (SSSR count). The van der Waals surface area contributed by atoms with E-state index in [2.05, 4.69) is 0 Å².